The van der Waals surface area contributed by atoms with E-state index in [1.54, 1.807) is 110 Å². The van der Waals surface area contributed by atoms with Gasteiger partial charge in [-0.3, -0.25) is 29.1 Å². The highest BCUT2D eigenvalue weighted by Gasteiger charge is 2.13. The van der Waals surface area contributed by atoms with Crippen molar-refractivity contribution in [3.05, 3.63) is 164 Å². The summed E-state index contributed by atoms with van der Waals surface area (Å²) < 4.78 is 11.1. The molecule has 0 bridgehead atoms. The summed E-state index contributed by atoms with van der Waals surface area (Å²) >= 11 is 0. The molecule has 0 atom stereocenters. The molecule has 4 amide bonds. The summed E-state index contributed by atoms with van der Waals surface area (Å²) in [6.45, 7) is 0.998. The quantitative estimate of drug-likeness (QED) is 0.0269. The summed E-state index contributed by atoms with van der Waals surface area (Å²) in [6, 6.07) is 20.0. The highest BCUT2D eigenvalue weighted by Crippen LogP contribution is 2.15. The molecule has 0 aliphatic heterocycles. The molecule has 294 valence electrons. The first-order valence-electron chi connectivity index (χ1n) is 17.6. The van der Waals surface area contributed by atoms with Crippen LogP contribution in [0.2, 0.25) is 0 Å². The maximum atomic E-state index is 13.0. The lowest BCUT2D eigenvalue weighted by Crippen LogP contribution is -2.36. The number of hydrogen-bond acceptors (Lipinski definition) is 10. The van der Waals surface area contributed by atoms with E-state index >= 15 is 0 Å². The van der Waals surface area contributed by atoms with Crippen molar-refractivity contribution >= 4 is 59.3 Å². The number of ether oxygens (including phenoxy) is 2. The van der Waals surface area contributed by atoms with Crippen molar-refractivity contribution in [3.8, 4) is 0 Å². The van der Waals surface area contributed by atoms with Gasteiger partial charge in [0.1, 0.15) is 11.4 Å². The van der Waals surface area contributed by atoms with E-state index in [2.05, 4.69) is 51.3 Å². The van der Waals surface area contributed by atoms with E-state index in [1.807, 2.05) is 0 Å². The van der Waals surface area contributed by atoms with Crippen LogP contribution in [0.25, 0.3) is 45.2 Å². The molecular formula is C40H38N12O6. The Morgan fingerprint density at radius 2 is 1.00 bits per heavy atom. The lowest BCUT2D eigenvalue weighted by atomic mass is 10.2. The van der Waals surface area contributed by atoms with Crippen LogP contribution in [0.15, 0.2) is 131 Å². The van der Waals surface area contributed by atoms with E-state index in [1.165, 1.54) is 24.3 Å². The van der Waals surface area contributed by atoms with Crippen LogP contribution in [0.5, 0.6) is 0 Å². The topological polar surface area (TPSA) is 258 Å². The molecule has 0 radical (unpaired) electrons. The van der Waals surface area contributed by atoms with Crippen molar-refractivity contribution in [1.82, 2.24) is 31.2 Å². The van der Waals surface area contributed by atoms with Gasteiger partial charge in [-0.2, -0.15) is 0 Å². The maximum absolute atomic E-state index is 13.0. The van der Waals surface area contributed by atoms with Crippen LogP contribution in [0, 0.1) is 0 Å². The summed E-state index contributed by atoms with van der Waals surface area (Å²) in [6.07, 6.45) is 14.9. The second kappa shape index (κ2) is 24.5. The molecule has 0 spiro atoms. The monoisotopic (exact) mass is 782 g/mol. The Balaban J connectivity index is 1.17. The fraction of sp³-hybridized carbons (Fsp3) is 0.150. The molecule has 58 heavy (non-hydrogen) atoms. The first-order chi connectivity index (χ1) is 28.3. The number of carbonyl (C=O) groups is 4. The Labute approximate surface area is 332 Å². The van der Waals surface area contributed by atoms with E-state index in [9.17, 15) is 19.2 Å². The molecule has 0 fully saturated rings. The number of carbonyl (C=O) groups excluding carboxylic acids is 4. The van der Waals surface area contributed by atoms with Gasteiger partial charge in [-0.05, 0) is 69.8 Å². The minimum absolute atomic E-state index is 0.00331. The summed E-state index contributed by atoms with van der Waals surface area (Å²) in [5.74, 6) is -2.16. The lowest BCUT2D eigenvalue weighted by molar-refractivity contribution is -0.121. The molecule has 0 saturated carbocycles. The van der Waals surface area contributed by atoms with E-state index in [4.69, 9.17) is 20.5 Å². The van der Waals surface area contributed by atoms with Gasteiger partial charge >= 0.3 is 0 Å². The van der Waals surface area contributed by atoms with E-state index in [0.29, 0.717) is 33.6 Å². The highest BCUT2D eigenvalue weighted by atomic mass is 16.5. The van der Waals surface area contributed by atoms with Crippen LogP contribution >= 0.6 is 0 Å². The standard InChI is InChI=1S/C40H38N12O6/c41-51-49-33-11-5-29(6-12-33)9-15-37(53)47-35(25-31-3-1-17-43-27-31)39(55)45-19-21-57-23-24-58-22-20-46-40(56)36(26-32-4-2-18-44-28-32)48-38(54)16-10-30-7-13-34(14-8-30)50-52-42/h1-18,25-28H,19-24H2,(H,45,55)(H,46,56)(H,47,53)(H,48,54). The number of benzene rings is 2. The largest absolute Gasteiger partial charge is 0.377 e. The van der Waals surface area contributed by atoms with E-state index in [-0.39, 0.29) is 50.9 Å². The summed E-state index contributed by atoms with van der Waals surface area (Å²) in [4.78, 5) is 65.0. The van der Waals surface area contributed by atoms with Crippen LogP contribution in [-0.4, -0.2) is 73.1 Å². The summed E-state index contributed by atoms with van der Waals surface area (Å²) in [7, 11) is 0. The van der Waals surface area contributed by atoms with Crippen molar-refractivity contribution in [3.63, 3.8) is 0 Å². The zero-order chi connectivity index (χ0) is 41.2. The van der Waals surface area contributed by atoms with Gasteiger partial charge in [0, 0.05) is 71.2 Å². The molecule has 18 nitrogen and oxygen atoms in total. The molecule has 0 unspecified atom stereocenters. The number of azide groups is 2. The average Bonchev–Trinajstić information content (AvgIpc) is 3.24. The third kappa shape index (κ3) is 16.2. The first-order valence-corrected chi connectivity index (χ1v) is 17.6. The van der Waals surface area contributed by atoms with Gasteiger partial charge in [0.2, 0.25) is 11.8 Å². The zero-order valence-electron chi connectivity index (χ0n) is 31.0. The predicted octanol–water partition coefficient (Wildman–Crippen LogP) is 5.67. The fourth-order valence-electron chi connectivity index (χ4n) is 4.66. The summed E-state index contributed by atoms with van der Waals surface area (Å²) in [5, 5.41) is 17.6. The first kappa shape index (κ1) is 42.9. The Bertz CT molecular complexity index is 2050. The fourth-order valence-corrected chi connectivity index (χ4v) is 4.66. The van der Waals surface area contributed by atoms with Crippen LogP contribution < -0.4 is 21.3 Å². The number of hydrogen-bond donors (Lipinski definition) is 4. The zero-order valence-corrected chi connectivity index (χ0v) is 31.0. The molecule has 0 saturated heterocycles. The van der Waals surface area contributed by atoms with Crippen molar-refractivity contribution in [1.29, 1.82) is 0 Å². The van der Waals surface area contributed by atoms with Gasteiger partial charge in [-0.25, -0.2) is 0 Å². The third-order valence-corrected chi connectivity index (χ3v) is 7.39. The number of aromatic nitrogens is 2. The lowest BCUT2D eigenvalue weighted by Gasteiger charge is -2.11. The predicted molar refractivity (Wildman–Crippen MR) is 217 cm³/mol. The third-order valence-electron chi connectivity index (χ3n) is 7.39. The molecular weight excluding hydrogens is 745 g/mol. The van der Waals surface area contributed by atoms with Gasteiger partial charge in [-0.1, -0.05) is 70.9 Å². The van der Waals surface area contributed by atoms with Gasteiger partial charge in [-0.15, -0.1) is 0 Å². The SMILES string of the molecule is [N-]=[N+]=Nc1ccc(C=CC(=O)NC(=Cc2cccnc2)C(=O)NCCOCCOCCNC(=O)C(=Cc2cccnc2)NC(=O)C=Cc2ccc(N=[N+]=[N-])cc2)cc1. The minimum Gasteiger partial charge on any atom is -0.377 e. The maximum Gasteiger partial charge on any atom is 0.267 e. The van der Waals surface area contributed by atoms with Crippen LogP contribution in [0.1, 0.15) is 22.3 Å². The molecule has 4 N–H and O–H groups in total. The highest BCUT2D eigenvalue weighted by molar-refractivity contribution is 6.05. The van der Waals surface area contributed by atoms with Crippen molar-refractivity contribution in [2.24, 2.45) is 10.2 Å². The number of rotatable bonds is 21. The van der Waals surface area contributed by atoms with Gasteiger partial charge < -0.3 is 30.7 Å². The normalized spacial score (nSPS) is 11.3. The Kier molecular flexibility index (Phi) is 18.1. The molecule has 18 heteroatoms. The molecule has 4 aromatic rings. The smallest absolute Gasteiger partial charge is 0.267 e. The van der Waals surface area contributed by atoms with Gasteiger partial charge in [0.25, 0.3) is 11.8 Å². The Hall–Kier alpha value is -7.88. The average molecular weight is 783 g/mol. The van der Waals surface area contributed by atoms with Crippen molar-refractivity contribution in [2.45, 2.75) is 0 Å². The minimum atomic E-state index is -0.541. The number of pyridine rings is 2. The second-order valence-corrected chi connectivity index (χ2v) is 11.6. The van der Waals surface area contributed by atoms with E-state index < -0.39 is 23.6 Å². The Morgan fingerprint density at radius 3 is 1.36 bits per heavy atom. The van der Waals surface area contributed by atoms with Crippen molar-refractivity contribution in [2.75, 3.05) is 39.5 Å². The molecule has 2 aromatic carbocycles. The van der Waals surface area contributed by atoms with Crippen LogP contribution in [-0.2, 0) is 28.7 Å². The number of nitrogens with one attached hydrogen (secondary N) is 4. The Morgan fingerprint density at radius 1 is 0.586 bits per heavy atom. The van der Waals surface area contributed by atoms with Crippen LogP contribution in [0.3, 0.4) is 0 Å². The molecule has 0 aliphatic rings. The number of nitrogens with zero attached hydrogens (tertiary/aromatic N) is 8. The molecule has 0 aliphatic carbocycles. The summed E-state index contributed by atoms with van der Waals surface area (Å²) in [5.41, 5.74) is 20.5. The molecule has 2 heterocycles. The molecule has 4 rings (SSSR count). The van der Waals surface area contributed by atoms with Gasteiger partial charge in [0.15, 0.2) is 0 Å². The number of amides is 4. The van der Waals surface area contributed by atoms with Gasteiger partial charge in [0.05, 0.1) is 26.4 Å². The van der Waals surface area contributed by atoms with Crippen LogP contribution in [0.4, 0.5) is 11.4 Å². The second-order valence-electron chi connectivity index (χ2n) is 11.6. The van der Waals surface area contributed by atoms with Crippen molar-refractivity contribution < 1.29 is 28.7 Å². The molecule has 2 aromatic heterocycles. The van der Waals surface area contributed by atoms with E-state index in [0.717, 1.165) is 0 Å².